The van der Waals surface area contributed by atoms with Crippen LogP contribution >= 0.6 is 11.3 Å². The molecule has 0 radical (unpaired) electrons. The van der Waals surface area contributed by atoms with Crippen LogP contribution in [0.25, 0.3) is 0 Å². The highest BCUT2D eigenvalue weighted by molar-refractivity contribution is 7.10. The Balaban J connectivity index is 1.63. The van der Waals surface area contributed by atoms with Gasteiger partial charge in [0.2, 0.25) is 5.91 Å². The van der Waals surface area contributed by atoms with Crippen molar-refractivity contribution in [2.24, 2.45) is 5.92 Å². The van der Waals surface area contributed by atoms with E-state index in [2.05, 4.69) is 29.3 Å². The third-order valence-electron chi connectivity index (χ3n) is 3.56. The van der Waals surface area contributed by atoms with E-state index in [4.69, 9.17) is 0 Å². The monoisotopic (exact) mass is 307 g/mol. The molecule has 0 saturated carbocycles. The minimum absolute atomic E-state index is 0.0694. The van der Waals surface area contributed by atoms with Gasteiger partial charge in [0.25, 0.3) is 0 Å². The van der Waals surface area contributed by atoms with Crippen molar-refractivity contribution >= 4 is 22.9 Å². The molecule has 1 N–H and O–H groups in total. The fourth-order valence-corrected chi connectivity index (χ4v) is 3.04. The van der Waals surface area contributed by atoms with Crippen molar-refractivity contribution in [3.63, 3.8) is 0 Å². The van der Waals surface area contributed by atoms with Crippen LogP contribution in [0.2, 0.25) is 0 Å². The molecule has 1 aromatic heterocycles. The first kappa shape index (κ1) is 14.6. The molecule has 2 aromatic rings. The highest BCUT2D eigenvalue weighted by Crippen LogP contribution is 2.21. The van der Waals surface area contributed by atoms with Gasteiger partial charge in [0.15, 0.2) is 0 Å². The van der Waals surface area contributed by atoms with Crippen LogP contribution in [0.15, 0.2) is 53.9 Å². The second-order valence-corrected chi connectivity index (χ2v) is 6.27. The molecular weight excluding hydrogens is 290 g/mol. The van der Waals surface area contributed by atoms with E-state index in [9.17, 15) is 4.79 Å². The topological polar surface area (TPSA) is 29.1 Å². The standard InChI is InChI=1S/C19H17NOS/c21-19(14-15-5-1-2-6-15)20-17-8-3-7-16(13-17)10-11-18-9-4-12-22-18/h1,3-5,7-9,12-13,15H,2,6,14H2,(H,20,21)/t15-/m0/s1. The largest absolute Gasteiger partial charge is 0.326 e. The van der Waals surface area contributed by atoms with Crippen molar-refractivity contribution in [2.45, 2.75) is 19.3 Å². The summed E-state index contributed by atoms with van der Waals surface area (Å²) in [6.45, 7) is 0. The van der Waals surface area contributed by atoms with E-state index >= 15 is 0 Å². The maximum atomic E-state index is 12.0. The molecule has 3 rings (SSSR count). The Morgan fingerprint density at radius 2 is 2.23 bits per heavy atom. The maximum absolute atomic E-state index is 12.0. The van der Waals surface area contributed by atoms with Crippen LogP contribution in [-0.4, -0.2) is 5.91 Å². The van der Waals surface area contributed by atoms with Gasteiger partial charge in [-0.05, 0) is 48.4 Å². The number of benzene rings is 1. The second-order valence-electron chi connectivity index (χ2n) is 5.33. The van der Waals surface area contributed by atoms with Crippen LogP contribution in [0, 0.1) is 17.8 Å². The molecule has 0 saturated heterocycles. The predicted octanol–water partition coefficient (Wildman–Crippen LogP) is 4.44. The van der Waals surface area contributed by atoms with Gasteiger partial charge in [-0.1, -0.05) is 36.1 Å². The van der Waals surface area contributed by atoms with E-state index < -0.39 is 0 Å². The lowest BCUT2D eigenvalue weighted by Crippen LogP contribution is -2.14. The summed E-state index contributed by atoms with van der Waals surface area (Å²) in [4.78, 5) is 13.1. The van der Waals surface area contributed by atoms with Crippen molar-refractivity contribution in [3.8, 4) is 11.8 Å². The lowest BCUT2D eigenvalue weighted by molar-refractivity contribution is -0.116. The molecule has 0 fully saturated rings. The number of carbonyl (C=O) groups is 1. The van der Waals surface area contributed by atoms with E-state index in [1.54, 1.807) is 11.3 Å². The van der Waals surface area contributed by atoms with Gasteiger partial charge in [-0.3, -0.25) is 4.79 Å². The van der Waals surface area contributed by atoms with Crippen molar-refractivity contribution in [2.75, 3.05) is 5.32 Å². The third kappa shape index (κ3) is 4.09. The molecule has 22 heavy (non-hydrogen) atoms. The number of hydrogen-bond donors (Lipinski definition) is 1. The number of allylic oxidation sites excluding steroid dienone is 2. The number of nitrogens with one attached hydrogen (secondary N) is 1. The van der Waals surface area contributed by atoms with Crippen LogP contribution in [0.4, 0.5) is 5.69 Å². The first-order valence-corrected chi connectivity index (χ1v) is 8.30. The number of amides is 1. The second kappa shape index (κ2) is 7.11. The minimum atomic E-state index is 0.0694. The summed E-state index contributed by atoms with van der Waals surface area (Å²) < 4.78 is 0. The van der Waals surface area contributed by atoms with Gasteiger partial charge >= 0.3 is 0 Å². The summed E-state index contributed by atoms with van der Waals surface area (Å²) in [6.07, 6.45) is 7.02. The van der Waals surface area contributed by atoms with E-state index in [1.165, 1.54) is 0 Å². The van der Waals surface area contributed by atoms with Crippen molar-refractivity contribution in [3.05, 3.63) is 64.4 Å². The smallest absolute Gasteiger partial charge is 0.224 e. The van der Waals surface area contributed by atoms with Gasteiger partial charge < -0.3 is 5.32 Å². The summed E-state index contributed by atoms with van der Waals surface area (Å²) in [6, 6.07) is 11.7. The van der Waals surface area contributed by atoms with Gasteiger partial charge in [0.1, 0.15) is 0 Å². The first-order chi connectivity index (χ1) is 10.8. The molecular formula is C19H17NOS. The van der Waals surface area contributed by atoms with E-state index in [-0.39, 0.29) is 5.91 Å². The highest BCUT2D eigenvalue weighted by atomic mass is 32.1. The number of thiophene rings is 1. The Labute approximate surface area is 134 Å². The van der Waals surface area contributed by atoms with Gasteiger partial charge in [0, 0.05) is 17.7 Å². The summed E-state index contributed by atoms with van der Waals surface area (Å²) in [5.41, 5.74) is 1.72. The molecule has 0 bridgehead atoms. The Morgan fingerprint density at radius 1 is 1.27 bits per heavy atom. The zero-order chi connectivity index (χ0) is 15.2. The lowest BCUT2D eigenvalue weighted by Gasteiger charge is -2.08. The number of hydrogen-bond acceptors (Lipinski definition) is 2. The van der Waals surface area contributed by atoms with Crippen molar-refractivity contribution in [1.29, 1.82) is 0 Å². The molecule has 110 valence electrons. The average Bonchev–Trinajstić information content (AvgIpc) is 3.18. The van der Waals surface area contributed by atoms with Crippen LogP contribution < -0.4 is 5.32 Å². The molecule has 0 spiro atoms. The summed E-state index contributed by atoms with van der Waals surface area (Å²) >= 11 is 1.62. The van der Waals surface area contributed by atoms with E-state index in [0.29, 0.717) is 12.3 Å². The molecule has 1 atom stereocenters. The van der Waals surface area contributed by atoms with E-state index in [0.717, 1.165) is 29.0 Å². The Morgan fingerprint density at radius 3 is 3.00 bits per heavy atom. The summed E-state index contributed by atoms with van der Waals surface area (Å²) in [7, 11) is 0. The third-order valence-corrected chi connectivity index (χ3v) is 4.34. The molecule has 1 aromatic carbocycles. The van der Waals surface area contributed by atoms with Crippen molar-refractivity contribution < 1.29 is 4.79 Å². The van der Waals surface area contributed by atoms with Gasteiger partial charge in [0.05, 0.1) is 4.88 Å². The SMILES string of the molecule is O=C(C[C@H]1C=CCC1)Nc1cccc(C#Cc2cccs2)c1. The number of anilines is 1. The fourth-order valence-electron chi connectivity index (χ4n) is 2.47. The molecule has 1 heterocycles. The molecule has 2 nitrogen and oxygen atoms in total. The molecule has 3 heteroatoms. The normalized spacial score (nSPS) is 16.1. The molecule has 0 aliphatic heterocycles. The Kier molecular flexibility index (Phi) is 4.72. The van der Waals surface area contributed by atoms with E-state index in [1.807, 2.05) is 41.8 Å². The number of rotatable bonds is 3. The average molecular weight is 307 g/mol. The molecule has 0 unspecified atom stereocenters. The van der Waals surface area contributed by atoms with Crippen LogP contribution in [-0.2, 0) is 4.79 Å². The summed E-state index contributed by atoms with van der Waals surface area (Å²) in [5.74, 6) is 6.72. The Bertz CT molecular complexity index is 734. The summed E-state index contributed by atoms with van der Waals surface area (Å²) in [5, 5.41) is 4.98. The minimum Gasteiger partial charge on any atom is -0.326 e. The van der Waals surface area contributed by atoms with Crippen LogP contribution in [0.1, 0.15) is 29.7 Å². The quantitative estimate of drug-likeness (QED) is 0.659. The lowest BCUT2D eigenvalue weighted by atomic mass is 10.0. The maximum Gasteiger partial charge on any atom is 0.224 e. The number of carbonyl (C=O) groups excluding carboxylic acids is 1. The predicted molar refractivity (Wildman–Crippen MR) is 91.9 cm³/mol. The first-order valence-electron chi connectivity index (χ1n) is 7.42. The molecule has 1 aliphatic rings. The zero-order valence-corrected chi connectivity index (χ0v) is 13.0. The van der Waals surface area contributed by atoms with Gasteiger partial charge in [-0.2, -0.15) is 0 Å². The molecule has 1 aliphatic carbocycles. The van der Waals surface area contributed by atoms with Crippen LogP contribution in [0.3, 0.4) is 0 Å². The van der Waals surface area contributed by atoms with Crippen molar-refractivity contribution in [1.82, 2.24) is 0 Å². The van der Waals surface area contributed by atoms with Crippen LogP contribution in [0.5, 0.6) is 0 Å². The molecule has 1 amide bonds. The van der Waals surface area contributed by atoms with Gasteiger partial charge in [-0.25, -0.2) is 0 Å². The zero-order valence-electron chi connectivity index (χ0n) is 12.2. The van der Waals surface area contributed by atoms with Gasteiger partial charge in [-0.15, -0.1) is 11.3 Å². The fraction of sp³-hybridized carbons (Fsp3) is 0.211. The Hall–Kier alpha value is -2.31. The highest BCUT2D eigenvalue weighted by Gasteiger charge is 2.13.